The molecule has 0 saturated carbocycles. The van der Waals surface area contributed by atoms with Crippen molar-refractivity contribution in [3.63, 3.8) is 0 Å². The van der Waals surface area contributed by atoms with E-state index in [1.54, 1.807) is 0 Å². The number of carboxylic acids is 1. The summed E-state index contributed by atoms with van der Waals surface area (Å²) in [6.07, 6.45) is -4.69. The van der Waals surface area contributed by atoms with Gasteiger partial charge in [0, 0.05) is 12.6 Å². The smallest absolute Gasteiger partial charge is 0.383 e. The van der Waals surface area contributed by atoms with Crippen LogP contribution in [0.2, 0.25) is 0 Å². The highest BCUT2D eigenvalue weighted by molar-refractivity contribution is 5.84. The average molecular weight is 259 g/mol. The topological polar surface area (TPSA) is 57.6 Å². The summed E-state index contributed by atoms with van der Waals surface area (Å²) in [6, 6.07) is -0.786. The summed E-state index contributed by atoms with van der Waals surface area (Å²) >= 11 is 0. The zero-order valence-corrected chi connectivity index (χ0v) is 9.29. The molecule has 0 aliphatic heterocycles. The van der Waals surface area contributed by atoms with Gasteiger partial charge in [-0.25, -0.2) is 8.78 Å². The molecule has 17 heavy (non-hydrogen) atoms. The molecule has 0 bridgehead atoms. The molecule has 0 spiro atoms. The van der Waals surface area contributed by atoms with Crippen LogP contribution < -0.4 is 0 Å². The molecule has 0 aliphatic carbocycles. The summed E-state index contributed by atoms with van der Waals surface area (Å²) in [7, 11) is 0. The van der Waals surface area contributed by atoms with Gasteiger partial charge in [-0.1, -0.05) is 0 Å². The van der Waals surface area contributed by atoms with Crippen LogP contribution in [0.15, 0.2) is 0 Å². The van der Waals surface area contributed by atoms with E-state index in [2.05, 4.69) is 0 Å². The van der Waals surface area contributed by atoms with Gasteiger partial charge in [-0.15, -0.1) is 0 Å². The van der Waals surface area contributed by atoms with Crippen LogP contribution in [0.1, 0.15) is 20.3 Å². The third-order valence-corrected chi connectivity index (χ3v) is 2.01. The second-order valence-corrected chi connectivity index (χ2v) is 3.66. The van der Waals surface area contributed by atoms with Crippen LogP contribution in [-0.4, -0.2) is 46.8 Å². The van der Waals surface area contributed by atoms with Gasteiger partial charge in [-0.2, -0.15) is 8.78 Å². The van der Waals surface area contributed by atoms with Gasteiger partial charge in [0.2, 0.25) is 0 Å². The highest BCUT2D eigenvalue weighted by Crippen LogP contribution is 2.26. The molecule has 8 heteroatoms. The molecule has 0 aromatic carbocycles. The molecular weight excluding hydrogens is 246 g/mol. The molecule has 0 aromatic rings. The van der Waals surface area contributed by atoms with Crippen LogP contribution in [0, 0.1) is 0 Å². The Bertz CT molecular complexity index is 294. The quantitative estimate of drug-likeness (QED) is 0.737. The first kappa shape index (κ1) is 15.7. The average Bonchev–Trinajstić information content (AvgIpc) is 2.16. The van der Waals surface area contributed by atoms with E-state index in [0.717, 1.165) is 0 Å². The Morgan fingerprint density at radius 3 is 2.06 bits per heavy atom. The number of hydrogen-bond donors (Lipinski definition) is 1. The predicted octanol–water partition coefficient (Wildman–Crippen LogP) is 1.60. The molecule has 0 fully saturated rings. The summed E-state index contributed by atoms with van der Waals surface area (Å²) in [5.74, 6) is -8.14. The molecule has 0 aromatic heterocycles. The Morgan fingerprint density at radius 2 is 1.76 bits per heavy atom. The Balaban J connectivity index is 4.83. The lowest BCUT2D eigenvalue weighted by Gasteiger charge is -2.29. The van der Waals surface area contributed by atoms with Crippen molar-refractivity contribution in [1.82, 2.24) is 4.90 Å². The molecule has 0 atom stereocenters. The fraction of sp³-hybridized carbons (Fsp3) is 0.778. The number of amides is 1. The van der Waals surface area contributed by atoms with Crippen LogP contribution >= 0.6 is 0 Å². The Labute approximate surface area is 95.2 Å². The summed E-state index contributed by atoms with van der Waals surface area (Å²) < 4.78 is 49.5. The van der Waals surface area contributed by atoms with Gasteiger partial charge >= 0.3 is 18.3 Å². The highest BCUT2D eigenvalue weighted by atomic mass is 19.3. The van der Waals surface area contributed by atoms with Crippen molar-refractivity contribution in [3.8, 4) is 0 Å². The summed E-state index contributed by atoms with van der Waals surface area (Å²) in [6.45, 7) is 2.14. The zero-order chi connectivity index (χ0) is 13.8. The molecule has 100 valence electrons. The summed E-state index contributed by atoms with van der Waals surface area (Å²) in [5, 5.41) is 8.36. The van der Waals surface area contributed by atoms with E-state index in [4.69, 9.17) is 5.11 Å². The van der Waals surface area contributed by atoms with E-state index in [-0.39, 0.29) is 0 Å². The van der Waals surface area contributed by atoms with Crippen LogP contribution in [-0.2, 0) is 9.59 Å². The van der Waals surface area contributed by atoms with Crippen LogP contribution in [0.25, 0.3) is 0 Å². The monoisotopic (exact) mass is 259 g/mol. The molecule has 0 saturated heterocycles. The largest absolute Gasteiger partial charge is 0.481 e. The van der Waals surface area contributed by atoms with E-state index in [9.17, 15) is 27.2 Å². The minimum absolute atomic E-state index is 0.431. The molecule has 0 aliphatic rings. The fourth-order valence-corrected chi connectivity index (χ4v) is 1.10. The molecule has 0 heterocycles. The fourth-order valence-electron chi connectivity index (χ4n) is 1.10. The number of nitrogens with zero attached hydrogens (tertiary/aromatic N) is 1. The van der Waals surface area contributed by atoms with Gasteiger partial charge in [0.25, 0.3) is 5.91 Å². The van der Waals surface area contributed by atoms with Crippen molar-refractivity contribution in [3.05, 3.63) is 0 Å². The maximum Gasteiger partial charge on any atom is 0.383 e. The van der Waals surface area contributed by atoms with Crippen molar-refractivity contribution >= 4 is 11.9 Å². The lowest BCUT2D eigenvalue weighted by molar-refractivity contribution is -0.182. The number of carbonyl (C=O) groups is 2. The number of alkyl halides is 4. The standard InChI is InChI=1S/C9H13F4NO3/c1-5(2)14(4-3-6(15)16)8(17)9(12,13)7(10)11/h5,7H,3-4H2,1-2H3,(H,15,16). The van der Waals surface area contributed by atoms with Crippen molar-refractivity contribution in [2.24, 2.45) is 0 Å². The van der Waals surface area contributed by atoms with Crippen molar-refractivity contribution < 1.29 is 32.3 Å². The number of rotatable bonds is 6. The van der Waals surface area contributed by atoms with Crippen LogP contribution in [0.4, 0.5) is 17.6 Å². The van der Waals surface area contributed by atoms with Crippen molar-refractivity contribution in [1.29, 1.82) is 0 Å². The zero-order valence-electron chi connectivity index (χ0n) is 9.29. The molecular formula is C9H13F4NO3. The number of hydrogen-bond acceptors (Lipinski definition) is 2. The van der Waals surface area contributed by atoms with Gasteiger partial charge in [0.1, 0.15) is 0 Å². The minimum Gasteiger partial charge on any atom is -0.481 e. The van der Waals surface area contributed by atoms with Gasteiger partial charge in [0.05, 0.1) is 6.42 Å². The maximum absolute atomic E-state index is 12.8. The van der Waals surface area contributed by atoms with E-state index in [1.165, 1.54) is 13.8 Å². The van der Waals surface area contributed by atoms with Gasteiger partial charge in [-0.05, 0) is 13.8 Å². The van der Waals surface area contributed by atoms with Gasteiger partial charge in [0.15, 0.2) is 0 Å². The van der Waals surface area contributed by atoms with Crippen LogP contribution in [0.5, 0.6) is 0 Å². The van der Waals surface area contributed by atoms with Crippen molar-refractivity contribution in [2.45, 2.75) is 38.7 Å². The lowest BCUT2D eigenvalue weighted by atomic mass is 10.2. The molecule has 4 nitrogen and oxygen atoms in total. The normalized spacial score (nSPS) is 12.0. The maximum atomic E-state index is 12.8. The second kappa shape index (κ2) is 5.83. The number of carbonyl (C=O) groups excluding carboxylic acids is 1. The molecule has 0 unspecified atom stereocenters. The SMILES string of the molecule is CC(C)N(CCC(=O)O)C(=O)C(F)(F)C(F)F. The summed E-state index contributed by atoms with van der Waals surface area (Å²) in [4.78, 5) is 21.9. The van der Waals surface area contributed by atoms with Crippen molar-refractivity contribution in [2.75, 3.05) is 6.54 Å². The first-order valence-electron chi connectivity index (χ1n) is 4.79. The van der Waals surface area contributed by atoms with E-state index >= 15 is 0 Å². The Kier molecular flexibility index (Phi) is 5.37. The second-order valence-electron chi connectivity index (χ2n) is 3.66. The van der Waals surface area contributed by atoms with Gasteiger partial charge in [-0.3, -0.25) is 9.59 Å². The Hall–Kier alpha value is -1.34. The Morgan fingerprint density at radius 1 is 1.29 bits per heavy atom. The third kappa shape index (κ3) is 4.20. The molecule has 0 rings (SSSR count). The van der Waals surface area contributed by atoms with Gasteiger partial charge < -0.3 is 10.0 Å². The minimum atomic E-state index is -4.79. The van der Waals surface area contributed by atoms with E-state index < -0.39 is 43.2 Å². The first-order valence-corrected chi connectivity index (χ1v) is 4.79. The molecule has 1 N–H and O–H groups in total. The number of halogens is 4. The summed E-state index contributed by atoms with van der Waals surface area (Å²) in [5.41, 5.74) is 0. The highest BCUT2D eigenvalue weighted by Gasteiger charge is 2.51. The number of carboxylic acid groups (broad SMARTS) is 1. The lowest BCUT2D eigenvalue weighted by Crippen LogP contribution is -2.50. The number of aliphatic carboxylic acids is 1. The first-order chi connectivity index (χ1) is 7.60. The third-order valence-electron chi connectivity index (χ3n) is 2.01. The van der Waals surface area contributed by atoms with E-state index in [0.29, 0.717) is 4.90 Å². The van der Waals surface area contributed by atoms with Crippen LogP contribution in [0.3, 0.4) is 0 Å². The molecule has 0 radical (unpaired) electrons. The van der Waals surface area contributed by atoms with E-state index in [1.807, 2.05) is 0 Å². The molecule has 1 amide bonds. The predicted molar refractivity (Wildman–Crippen MR) is 50.1 cm³/mol.